The zero-order valence-corrected chi connectivity index (χ0v) is 12.9. The van der Waals surface area contributed by atoms with Crippen LogP contribution >= 0.6 is 11.3 Å². The average Bonchev–Trinajstić information content (AvgIpc) is 3.07. The summed E-state index contributed by atoms with van der Waals surface area (Å²) >= 11 is 1.26. The number of rotatable bonds is 6. The van der Waals surface area contributed by atoms with Gasteiger partial charge in [0.15, 0.2) is 6.61 Å². The summed E-state index contributed by atoms with van der Waals surface area (Å²) in [6.07, 6.45) is 0. The third-order valence-corrected chi connectivity index (χ3v) is 3.59. The lowest BCUT2D eigenvalue weighted by atomic mass is 10.2. The number of carbonyl (C=O) groups is 2. The van der Waals surface area contributed by atoms with E-state index in [2.05, 4.69) is 5.32 Å². The van der Waals surface area contributed by atoms with Crippen molar-refractivity contribution in [2.45, 2.75) is 0 Å². The second-order valence-corrected chi connectivity index (χ2v) is 5.12. The predicted octanol–water partition coefficient (Wildman–Crippen LogP) is 2.56. The van der Waals surface area contributed by atoms with Gasteiger partial charge in [-0.05, 0) is 23.6 Å². The van der Waals surface area contributed by atoms with Gasteiger partial charge in [-0.2, -0.15) is 0 Å². The Morgan fingerprint density at radius 2 is 2.00 bits per heavy atom. The quantitative estimate of drug-likeness (QED) is 0.828. The molecule has 0 radical (unpaired) electrons. The van der Waals surface area contributed by atoms with E-state index in [4.69, 9.17) is 14.2 Å². The van der Waals surface area contributed by atoms with Gasteiger partial charge in [-0.3, -0.25) is 4.79 Å². The summed E-state index contributed by atoms with van der Waals surface area (Å²) in [6, 6.07) is 8.36. The maximum Gasteiger partial charge on any atom is 0.348 e. The molecule has 0 fully saturated rings. The minimum absolute atomic E-state index is 0.369. The lowest BCUT2D eigenvalue weighted by Crippen LogP contribution is -2.20. The summed E-state index contributed by atoms with van der Waals surface area (Å²) in [5.74, 6) is 0.0940. The molecule has 6 nitrogen and oxygen atoms in total. The normalized spacial score (nSPS) is 9.91. The van der Waals surface area contributed by atoms with Crippen molar-refractivity contribution in [2.24, 2.45) is 0 Å². The fourth-order valence-corrected chi connectivity index (χ4v) is 2.30. The summed E-state index contributed by atoms with van der Waals surface area (Å²) in [5.41, 5.74) is 0.473. The Morgan fingerprint density at radius 3 is 2.64 bits per heavy atom. The maximum absolute atomic E-state index is 11.8. The fraction of sp³-hybridized carbons (Fsp3) is 0.200. The first-order chi connectivity index (χ1) is 10.6. The first kappa shape index (κ1) is 15.8. The molecule has 0 aliphatic heterocycles. The molecule has 0 unspecified atom stereocenters. The number of esters is 1. The molecule has 0 atom stereocenters. The van der Waals surface area contributed by atoms with Crippen LogP contribution in [0.15, 0.2) is 35.7 Å². The number of benzene rings is 1. The minimum Gasteiger partial charge on any atom is -0.497 e. The van der Waals surface area contributed by atoms with E-state index in [9.17, 15) is 9.59 Å². The number of hydrogen-bond acceptors (Lipinski definition) is 6. The third kappa shape index (κ3) is 3.98. The van der Waals surface area contributed by atoms with Gasteiger partial charge in [0, 0.05) is 6.07 Å². The van der Waals surface area contributed by atoms with Crippen LogP contribution in [-0.2, 0) is 9.53 Å². The van der Waals surface area contributed by atoms with E-state index in [1.807, 2.05) is 0 Å². The highest BCUT2D eigenvalue weighted by Crippen LogP contribution is 2.28. The largest absolute Gasteiger partial charge is 0.497 e. The third-order valence-electron chi connectivity index (χ3n) is 2.74. The number of thiophene rings is 1. The molecular formula is C15H15NO5S. The zero-order chi connectivity index (χ0) is 15.9. The first-order valence-corrected chi connectivity index (χ1v) is 7.24. The summed E-state index contributed by atoms with van der Waals surface area (Å²) in [7, 11) is 3.03. The molecule has 0 bridgehead atoms. The Labute approximate surface area is 131 Å². The highest BCUT2D eigenvalue weighted by atomic mass is 32.1. The molecule has 0 aliphatic rings. The zero-order valence-electron chi connectivity index (χ0n) is 12.1. The van der Waals surface area contributed by atoms with Crippen LogP contribution < -0.4 is 14.8 Å². The molecule has 7 heteroatoms. The monoisotopic (exact) mass is 321 g/mol. The highest BCUT2D eigenvalue weighted by molar-refractivity contribution is 7.11. The molecule has 0 aliphatic carbocycles. The molecule has 1 aromatic heterocycles. The Hall–Kier alpha value is -2.54. The van der Waals surface area contributed by atoms with E-state index in [1.165, 1.54) is 25.6 Å². The van der Waals surface area contributed by atoms with Gasteiger partial charge in [0.05, 0.1) is 19.9 Å². The van der Waals surface area contributed by atoms with E-state index >= 15 is 0 Å². The number of ether oxygens (including phenoxy) is 3. The lowest BCUT2D eigenvalue weighted by Gasteiger charge is -2.11. The Balaban J connectivity index is 1.93. The molecule has 2 aromatic rings. The van der Waals surface area contributed by atoms with E-state index in [0.717, 1.165) is 0 Å². The Bertz CT molecular complexity index is 654. The second kappa shape index (κ2) is 7.46. The van der Waals surface area contributed by atoms with Crippen LogP contribution in [-0.4, -0.2) is 32.7 Å². The van der Waals surface area contributed by atoms with Crippen LogP contribution in [0.25, 0.3) is 0 Å². The van der Waals surface area contributed by atoms with Gasteiger partial charge in [0.1, 0.15) is 16.4 Å². The smallest absolute Gasteiger partial charge is 0.348 e. The number of anilines is 1. The van der Waals surface area contributed by atoms with Crippen molar-refractivity contribution in [3.63, 3.8) is 0 Å². The second-order valence-electron chi connectivity index (χ2n) is 4.17. The van der Waals surface area contributed by atoms with Crippen molar-refractivity contribution in [1.82, 2.24) is 0 Å². The first-order valence-electron chi connectivity index (χ1n) is 6.36. The summed E-state index contributed by atoms with van der Waals surface area (Å²) < 4.78 is 15.2. The van der Waals surface area contributed by atoms with Crippen molar-refractivity contribution in [3.05, 3.63) is 40.6 Å². The predicted molar refractivity (Wildman–Crippen MR) is 82.8 cm³/mol. The standard InChI is InChI=1S/C15H15NO5S/c1-19-10-5-6-11(12(8-10)20-2)16-14(17)9-21-15(18)13-4-3-7-22-13/h3-8H,9H2,1-2H3,(H,16,17). The van der Waals surface area contributed by atoms with Crippen molar-refractivity contribution < 1.29 is 23.8 Å². The van der Waals surface area contributed by atoms with Crippen molar-refractivity contribution in [2.75, 3.05) is 26.1 Å². The molecule has 0 saturated heterocycles. The van der Waals surface area contributed by atoms with E-state index in [1.54, 1.807) is 35.7 Å². The number of amides is 1. The maximum atomic E-state index is 11.8. The van der Waals surface area contributed by atoms with Crippen molar-refractivity contribution in [3.8, 4) is 11.5 Å². The highest BCUT2D eigenvalue weighted by Gasteiger charge is 2.13. The van der Waals surface area contributed by atoms with E-state index in [0.29, 0.717) is 22.1 Å². The summed E-state index contributed by atoms with van der Waals surface area (Å²) in [5, 5.41) is 4.38. The van der Waals surface area contributed by atoms with Crippen LogP contribution in [0.1, 0.15) is 9.67 Å². The molecular weight excluding hydrogens is 306 g/mol. The average molecular weight is 321 g/mol. The molecule has 1 amide bonds. The van der Waals surface area contributed by atoms with Gasteiger partial charge in [0.2, 0.25) is 0 Å². The minimum atomic E-state index is -0.521. The van der Waals surface area contributed by atoms with Gasteiger partial charge in [-0.25, -0.2) is 4.79 Å². The number of hydrogen-bond donors (Lipinski definition) is 1. The molecule has 0 spiro atoms. The Kier molecular flexibility index (Phi) is 5.37. The lowest BCUT2D eigenvalue weighted by molar-refractivity contribution is -0.119. The van der Waals surface area contributed by atoms with Crippen LogP contribution in [0, 0.1) is 0 Å². The molecule has 1 N–H and O–H groups in total. The number of nitrogens with one attached hydrogen (secondary N) is 1. The number of carbonyl (C=O) groups excluding carboxylic acids is 2. The summed E-state index contributed by atoms with van der Waals surface area (Å²) in [6.45, 7) is -0.369. The van der Waals surface area contributed by atoms with Crippen molar-refractivity contribution >= 4 is 28.9 Å². The topological polar surface area (TPSA) is 73.9 Å². The van der Waals surface area contributed by atoms with Crippen LogP contribution in [0.5, 0.6) is 11.5 Å². The number of methoxy groups -OCH3 is 2. The van der Waals surface area contributed by atoms with Crippen LogP contribution in [0.2, 0.25) is 0 Å². The molecule has 116 valence electrons. The molecule has 2 rings (SSSR count). The molecule has 22 heavy (non-hydrogen) atoms. The van der Waals surface area contributed by atoms with Gasteiger partial charge >= 0.3 is 5.97 Å². The van der Waals surface area contributed by atoms with E-state index < -0.39 is 11.9 Å². The van der Waals surface area contributed by atoms with Crippen LogP contribution in [0.3, 0.4) is 0 Å². The van der Waals surface area contributed by atoms with Gasteiger partial charge in [-0.15, -0.1) is 11.3 Å². The van der Waals surface area contributed by atoms with Crippen molar-refractivity contribution in [1.29, 1.82) is 0 Å². The van der Waals surface area contributed by atoms with Gasteiger partial charge < -0.3 is 19.5 Å². The molecule has 0 saturated carbocycles. The van der Waals surface area contributed by atoms with Gasteiger partial charge in [-0.1, -0.05) is 6.07 Å². The van der Waals surface area contributed by atoms with Gasteiger partial charge in [0.25, 0.3) is 5.91 Å². The molecule has 1 heterocycles. The fourth-order valence-electron chi connectivity index (χ4n) is 1.69. The Morgan fingerprint density at radius 1 is 1.18 bits per heavy atom. The summed E-state index contributed by atoms with van der Waals surface area (Å²) in [4.78, 5) is 23.9. The molecule has 1 aromatic carbocycles. The van der Waals surface area contributed by atoms with Crippen LogP contribution in [0.4, 0.5) is 5.69 Å². The van der Waals surface area contributed by atoms with E-state index in [-0.39, 0.29) is 6.61 Å². The SMILES string of the molecule is COc1ccc(NC(=O)COC(=O)c2cccs2)c(OC)c1.